The number of nitrogens with one attached hydrogen (secondary N) is 2. The molecule has 104 valence electrons. The van der Waals surface area contributed by atoms with E-state index < -0.39 is 17.5 Å². The average molecular weight is 279 g/mol. The molecule has 0 bridgehead atoms. The first-order valence-electron chi connectivity index (χ1n) is 5.83. The number of H-pyrrole nitrogens is 1. The van der Waals surface area contributed by atoms with Crippen molar-refractivity contribution in [1.82, 2.24) is 4.98 Å². The normalized spacial score (nSPS) is 11.2. The quantitative estimate of drug-likeness (QED) is 0.620. The Kier molecular flexibility index (Phi) is 3.74. The van der Waals surface area contributed by atoms with Crippen LogP contribution in [0.1, 0.15) is 18.2 Å². The summed E-state index contributed by atoms with van der Waals surface area (Å²) in [4.78, 5) is 6.19. The van der Waals surface area contributed by atoms with Gasteiger partial charge >= 0.3 is 0 Å². The summed E-state index contributed by atoms with van der Waals surface area (Å²) in [5, 5.41) is 7.13. The third-order valence-corrected chi connectivity index (χ3v) is 2.74. The van der Waals surface area contributed by atoms with Crippen LogP contribution < -0.4 is 0 Å². The zero-order chi connectivity index (χ0) is 14.9. The number of aromatic nitrogens is 1. The molecule has 3 nitrogen and oxygen atoms in total. The summed E-state index contributed by atoms with van der Waals surface area (Å²) in [6.45, 7) is 2.93. The number of aromatic amines is 1. The summed E-state index contributed by atoms with van der Waals surface area (Å²) in [6, 6.07) is 3.44. The molecule has 2 rings (SSSR count). The molecule has 0 aliphatic heterocycles. The van der Waals surface area contributed by atoms with Crippen LogP contribution in [0.5, 0.6) is 0 Å². The first kappa shape index (κ1) is 14.0. The lowest BCUT2D eigenvalue weighted by Crippen LogP contribution is -1.94. The smallest absolute Gasteiger partial charge is 0.150 e. The average Bonchev–Trinajstić information content (AvgIpc) is 2.73. The van der Waals surface area contributed by atoms with Gasteiger partial charge < -0.3 is 4.98 Å². The van der Waals surface area contributed by atoms with E-state index >= 15 is 0 Å². The lowest BCUT2D eigenvalue weighted by molar-refractivity contribution is 0.583. The van der Waals surface area contributed by atoms with Gasteiger partial charge in [-0.2, -0.15) is 0 Å². The predicted octanol–water partition coefficient (Wildman–Crippen LogP) is 3.82. The van der Waals surface area contributed by atoms with Gasteiger partial charge in [-0.15, -0.1) is 0 Å². The molecule has 0 atom stereocenters. The maximum atomic E-state index is 14.0. The molecule has 0 amide bonds. The molecule has 1 aromatic heterocycles. The minimum atomic E-state index is -0.777. The van der Waals surface area contributed by atoms with Crippen LogP contribution in [0, 0.1) is 29.8 Å². The van der Waals surface area contributed by atoms with Crippen molar-refractivity contribution in [3.63, 3.8) is 0 Å². The van der Waals surface area contributed by atoms with Crippen molar-refractivity contribution in [2.75, 3.05) is 0 Å². The molecule has 1 heterocycles. The van der Waals surface area contributed by atoms with Gasteiger partial charge in [0.2, 0.25) is 0 Å². The summed E-state index contributed by atoms with van der Waals surface area (Å²) < 4.78 is 41.3. The van der Waals surface area contributed by atoms with Crippen LogP contribution in [-0.2, 0) is 0 Å². The van der Waals surface area contributed by atoms with Crippen LogP contribution in [-0.4, -0.2) is 17.0 Å². The molecule has 0 unspecified atom stereocenters. The van der Waals surface area contributed by atoms with Crippen molar-refractivity contribution in [1.29, 1.82) is 5.41 Å². The molecule has 0 aliphatic rings. The van der Waals surface area contributed by atoms with Crippen LogP contribution in [0.15, 0.2) is 23.2 Å². The number of hydrogen-bond donors (Lipinski definition) is 2. The summed E-state index contributed by atoms with van der Waals surface area (Å²) >= 11 is 0. The molecular weight excluding hydrogens is 267 g/mol. The Morgan fingerprint density at radius 3 is 2.60 bits per heavy atom. The topological polar surface area (TPSA) is 52.0 Å². The van der Waals surface area contributed by atoms with Gasteiger partial charge in [0.05, 0.1) is 23.2 Å². The number of aliphatic imine (C=N–C) groups is 1. The number of rotatable bonds is 2. The van der Waals surface area contributed by atoms with Gasteiger partial charge in [-0.25, -0.2) is 18.2 Å². The zero-order valence-electron chi connectivity index (χ0n) is 10.9. The van der Waals surface area contributed by atoms with Gasteiger partial charge in [0.15, 0.2) is 0 Å². The summed E-state index contributed by atoms with van der Waals surface area (Å²) in [5.41, 5.74) is -0.0886. The van der Waals surface area contributed by atoms with Crippen LogP contribution >= 0.6 is 0 Å². The molecule has 0 fully saturated rings. The maximum absolute atomic E-state index is 14.0. The monoisotopic (exact) mass is 279 g/mol. The minimum absolute atomic E-state index is 0.00605. The predicted molar refractivity (Wildman–Crippen MR) is 71.8 cm³/mol. The van der Waals surface area contributed by atoms with Gasteiger partial charge in [-0.1, -0.05) is 6.07 Å². The fraction of sp³-hybridized carbons (Fsp3) is 0.143. The van der Waals surface area contributed by atoms with Crippen LogP contribution in [0.4, 0.5) is 13.2 Å². The fourth-order valence-electron chi connectivity index (χ4n) is 1.74. The van der Waals surface area contributed by atoms with E-state index in [4.69, 9.17) is 5.41 Å². The molecule has 0 spiro atoms. The molecule has 1 aromatic carbocycles. The van der Waals surface area contributed by atoms with Crippen molar-refractivity contribution in [3.8, 4) is 11.3 Å². The summed E-state index contributed by atoms with van der Waals surface area (Å²) in [5.74, 6) is -2.21. The second kappa shape index (κ2) is 5.32. The lowest BCUT2D eigenvalue weighted by Gasteiger charge is -2.05. The first-order valence-corrected chi connectivity index (χ1v) is 5.83. The Morgan fingerprint density at radius 2 is 1.95 bits per heavy atom. The van der Waals surface area contributed by atoms with Crippen molar-refractivity contribution in [2.45, 2.75) is 13.8 Å². The number of amidine groups is 1. The number of benzene rings is 1. The second-order valence-corrected chi connectivity index (χ2v) is 4.34. The fourth-order valence-corrected chi connectivity index (χ4v) is 1.74. The standard InChI is InChI=1S/C14H12F3N3/c1-7-3-4-9(15)13(14(7)17)11-5-10(16)12(20-11)6-19-8(2)18/h3-6,18,20H,1-2H3. The minimum Gasteiger partial charge on any atom is -0.351 e. The summed E-state index contributed by atoms with van der Waals surface area (Å²) in [7, 11) is 0. The van der Waals surface area contributed by atoms with E-state index in [-0.39, 0.29) is 28.4 Å². The van der Waals surface area contributed by atoms with E-state index in [2.05, 4.69) is 9.98 Å². The molecular formula is C14H12F3N3. The van der Waals surface area contributed by atoms with Crippen molar-refractivity contribution in [3.05, 3.63) is 46.9 Å². The molecule has 0 aliphatic carbocycles. The van der Waals surface area contributed by atoms with E-state index in [0.717, 1.165) is 18.3 Å². The number of hydrogen-bond acceptors (Lipinski definition) is 1. The second-order valence-electron chi connectivity index (χ2n) is 4.34. The lowest BCUT2D eigenvalue weighted by atomic mass is 10.1. The van der Waals surface area contributed by atoms with Gasteiger partial charge in [-0.05, 0) is 25.5 Å². The van der Waals surface area contributed by atoms with Gasteiger partial charge in [0.1, 0.15) is 23.3 Å². The Morgan fingerprint density at radius 1 is 1.25 bits per heavy atom. The third kappa shape index (κ3) is 2.64. The first-order chi connectivity index (χ1) is 9.40. The Labute approximate surface area is 113 Å². The van der Waals surface area contributed by atoms with Gasteiger partial charge in [0, 0.05) is 6.07 Å². The molecule has 0 radical (unpaired) electrons. The summed E-state index contributed by atoms with van der Waals surface area (Å²) in [6.07, 6.45) is 1.10. The highest BCUT2D eigenvalue weighted by molar-refractivity contribution is 5.91. The van der Waals surface area contributed by atoms with E-state index in [9.17, 15) is 13.2 Å². The maximum Gasteiger partial charge on any atom is 0.150 e. The third-order valence-electron chi connectivity index (χ3n) is 2.74. The van der Waals surface area contributed by atoms with Crippen LogP contribution in [0.2, 0.25) is 0 Å². The van der Waals surface area contributed by atoms with Gasteiger partial charge in [-0.3, -0.25) is 5.41 Å². The Hall–Kier alpha value is -2.37. The van der Waals surface area contributed by atoms with Crippen molar-refractivity contribution >= 4 is 12.1 Å². The van der Waals surface area contributed by atoms with Gasteiger partial charge in [0.25, 0.3) is 0 Å². The Balaban J connectivity index is 2.53. The highest BCUT2D eigenvalue weighted by Crippen LogP contribution is 2.28. The molecule has 0 saturated heterocycles. The SMILES string of the molecule is CC(=N)N=Cc1[nH]c(-c2c(F)ccc(C)c2F)cc1F. The highest BCUT2D eigenvalue weighted by Gasteiger charge is 2.17. The van der Waals surface area contributed by atoms with E-state index in [1.165, 1.54) is 19.9 Å². The van der Waals surface area contributed by atoms with Crippen LogP contribution in [0.25, 0.3) is 11.3 Å². The number of nitrogens with zero attached hydrogens (tertiary/aromatic N) is 1. The van der Waals surface area contributed by atoms with E-state index in [0.29, 0.717) is 0 Å². The highest BCUT2D eigenvalue weighted by atomic mass is 19.1. The molecule has 20 heavy (non-hydrogen) atoms. The largest absolute Gasteiger partial charge is 0.351 e. The van der Waals surface area contributed by atoms with E-state index in [1.54, 1.807) is 0 Å². The van der Waals surface area contributed by atoms with Crippen LogP contribution in [0.3, 0.4) is 0 Å². The zero-order valence-corrected chi connectivity index (χ0v) is 10.9. The number of aryl methyl sites for hydroxylation is 1. The Bertz CT molecular complexity index is 702. The van der Waals surface area contributed by atoms with Crippen molar-refractivity contribution < 1.29 is 13.2 Å². The van der Waals surface area contributed by atoms with Crippen molar-refractivity contribution in [2.24, 2.45) is 4.99 Å². The molecule has 2 N–H and O–H groups in total. The molecule has 6 heteroatoms. The molecule has 0 saturated carbocycles. The number of halogens is 3. The van der Waals surface area contributed by atoms with E-state index in [1.807, 2.05) is 0 Å². The molecule has 2 aromatic rings.